The zero-order valence-electron chi connectivity index (χ0n) is 19.8. The van der Waals surface area contributed by atoms with Gasteiger partial charge in [0.15, 0.2) is 11.2 Å². The van der Waals surface area contributed by atoms with Gasteiger partial charge in [0.25, 0.3) is 5.56 Å². The number of H-pyrrole nitrogens is 1. The van der Waals surface area contributed by atoms with E-state index in [0.29, 0.717) is 30.1 Å². The SMILES string of the molecule is CCCCn1c(=O)[nH]c(=O)c2c1nc(COC(=O)CCOc1cc(C)ccc1C)n2CCC. The molecule has 33 heavy (non-hydrogen) atoms. The van der Waals surface area contributed by atoms with Crippen LogP contribution in [-0.4, -0.2) is 31.7 Å². The molecule has 0 aliphatic heterocycles. The second-order valence-corrected chi connectivity index (χ2v) is 8.14. The zero-order chi connectivity index (χ0) is 24.0. The van der Waals surface area contributed by atoms with E-state index in [4.69, 9.17) is 9.47 Å². The molecule has 3 aromatic rings. The summed E-state index contributed by atoms with van der Waals surface area (Å²) in [6.07, 6.45) is 2.52. The number of fused-ring (bicyclic) bond motifs is 1. The highest BCUT2D eigenvalue weighted by Crippen LogP contribution is 2.19. The Kier molecular flexibility index (Phi) is 8.08. The molecule has 9 heteroatoms. The summed E-state index contributed by atoms with van der Waals surface area (Å²) >= 11 is 0. The monoisotopic (exact) mass is 456 g/mol. The number of nitrogens with one attached hydrogen (secondary N) is 1. The van der Waals surface area contributed by atoms with Gasteiger partial charge in [0, 0.05) is 13.1 Å². The van der Waals surface area contributed by atoms with E-state index < -0.39 is 17.2 Å². The Labute approximate surface area is 192 Å². The molecule has 0 radical (unpaired) electrons. The van der Waals surface area contributed by atoms with Gasteiger partial charge < -0.3 is 14.0 Å². The average molecular weight is 457 g/mol. The molecule has 0 aliphatic carbocycles. The van der Waals surface area contributed by atoms with Crippen molar-refractivity contribution >= 4 is 17.1 Å². The minimum Gasteiger partial charge on any atom is -0.493 e. The predicted octanol–water partition coefficient (Wildman–Crippen LogP) is 3.23. The molecule has 0 atom stereocenters. The van der Waals surface area contributed by atoms with Crippen molar-refractivity contribution in [1.82, 2.24) is 19.1 Å². The molecule has 0 spiro atoms. The fourth-order valence-electron chi connectivity index (χ4n) is 3.64. The lowest BCUT2D eigenvalue weighted by atomic mass is 10.1. The van der Waals surface area contributed by atoms with Crippen molar-refractivity contribution in [2.45, 2.75) is 73.1 Å². The minimum atomic E-state index is -0.483. The highest BCUT2D eigenvalue weighted by molar-refractivity contribution is 5.72. The Morgan fingerprint density at radius 2 is 1.88 bits per heavy atom. The molecule has 2 aromatic heterocycles. The van der Waals surface area contributed by atoms with Crippen molar-refractivity contribution in [2.24, 2.45) is 0 Å². The van der Waals surface area contributed by atoms with Crippen LogP contribution < -0.4 is 16.0 Å². The fraction of sp³-hybridized carbons (Fsp3) is 0.500. The first-order valence-corrected chi connectivity index (χ1v) is 11.4. The lowest BCUT2D eigenvalue weighted by molar-refractivity contribution is -0.145. The van der Waals surface area contributed by atoms with Gasteiger partial charge in [0.1, 0.15) is 18.2 Å². The third kappa shape index (κ3) is 5.71. The smallest absolute Gasteiger partial charge is 0.330 e. The highest BCUT2D eigenvalue weighted by atomic mass is 16.5. The number of hydrogen-bond acceptors (Lipinski definition) is 6. The normalized spacial score (nSPS) is 11.2. The van der Waals surface area contributed by atoms with Gasteiger partial charge in [-0.1, -0.05) is 32.4 Å². The number of benzene rings is 1. The maximum absolute atomic E-state index is 12.5. The molecule has 0 saturated carbocycles. The van der Waals surface area contributed by atoms with E-state index in [9.17, 15) is 14.4 Å². The number of hydrogen-bond donors (Lipinski definition) is 1. The van der Waals surface area contributed by atoms with Crippen LogP contribution in [0.1, 0.15) is 56.5 Å². The molecule has 0 bridgehead atoms. The predicted molar refractivity (Wildman–Crippen MR) is 126 cm³/mol. The summed E-state index contributed by atoms with van der Waals surface area (Å²) in [7, 11) is 0. The molecule has 3 rings (SSSR count). The topological polar surface area (TPSA) is 108 Å². The Bertz CT molecular complexity index is 1240. The number of unbranched alkanes of at least 4 members (excludes halogenated alkanes) is 1. The molecule has 0 saturated heterocycles. The summed E-state index contributed by atoms with van der Waals surface area (Å²) in [5, 5.41) is 0. The Morgan fingerprint density at radius 1 is 1.09 bits per heavy atom. The molecule has 9 nitrogen and oxygen atoms in total. The third-order valence-corrected chi connectivity index (χ3v) is 5.42. The number of carbonyl (C=O) groups excluding carboxylic acids is 1. The molecule has 0 fully saturated rings. The summed E-state index contributed by atoms with van der Waals surface area (Å²) < 4.78 is 14.4. The lowest BCUT2D eigenvalue weighted by Crippen LogP contribution is -2.31. The number of carbonyl (C=O) groups is 1. The number of ether oxygens (including phenoxy) is 2. The van der Waals surface area contributed by atoms with Gasteiger partial charge in [-0.2, -0.15) is 0 Å². The van der Waals surface area contributed by atoms with Gasteiger partial charge in [0.05, 0.1) is 13.0 Å². The van der Waals surface area contributed by atoms with Crippen LogP contribution in [0.15, 0.2) is 27.8 Å². The van der Waals surface area contributed by atoms with Gasteiger partial charge in [-0.25, -0.2) is 9.78 Å². The van der Waals surface area contributed by atoms with Crippen LogP contribution in [0.4, 0.5) is 0 Å². The molecule has 2 heterocycles. The molecular formula is C24H32N4O5. The molecule has 1 N–H and O–H groups in total. The average Bonchev–Trinajstić information content (AvgIpc) is 3.13. The first-order chi connectivity index (χ1) is 15.8. The lowest BCUT2D eigenvalue weighted by Gasteiger charge is -2.10. The number of aromatic nitrogens is 4. The van der Waals surface area contributed by atoms with Crippen LogP contribution in [-0.2, 0) is 29.2 Å². The van der Waals surface area contributed by atoms with Gasteiger partial charge in [-0.05, 0) is 43.9 Å². The summed E-state index contributed by atoms with van der Waals surface area (Å²) in [6, 6.07) is 5.91. The Morgan fingerprint density at radius 3 is 2.61 bits per heavy atom. The summed E-state index contributed by atoms with van der Waals surface area (Å²) in [4.78, 5) is 44.1. The van der Waals surface area contributed by atoms with Crippen molar-refractivity contribution in [1.29, 1.82) is 0 Å². The van der Waals surface area contributed by atoms with Crippen LogP contribution in [0, 0.1) is 13.8 Å². The van der Waals surface area contributed by atoms with Gasteiger partial charge in [-0.15, -0.1) is 0 Å². The Hall–Kier alpha value is -3.36. The molecule has 178 valence electrons. The van der Waals surface area contributed by atoms with Crippen LogP contribution in [0.3, 0.4) is 0 Å². The Balaban J connectivity index is 1.73. The number of rotatable bonds is 11. The van der Waals surface area contributed by atoms with E-state index in [2.05, 4.69) is 9.97 Å². The van der Waals surface area contributed by atoms with E-state index in [1.807, 2.05) is 45.9 Å². The van der Waals surface area contributed by atoms with Crippen molar-refractivity contribution in [3.63, 3.8) is 0 Å². The van der Waals surface area contributed by atoms with Gasteiger partial charge in [-0.3, -0.25) is 19.1 Å². The van der Waals surface area contributed by atoms with Crippen LogP contribution in [0.2, 0.25) is 0 Å². The third-order valence-electron chi connectivity index (χ3n) is 5.42. The number of imidazole rings is 1. The molecule has 0 aliphatic rings. The molecular weight excluding hydrogens is 424 g/mol. The maximum atomic E-state index is 12.5. The number of nitrogens with zero attached hydrogens (tertiary/aromatic N) is 3. The van der Waals surface area contributed by atoms with Gasteiger partial charge in [0.2, 0.25) is 0 Å². The van der Waals surface area contributed by atoms with E-state index in [1.54, 1.807) is 4.57 Å². The van der Waals surface area contributed by atoms with Crippen molar-refractivity contribution in [2.75, 3.05) is 6.61 Å². The van der Waals surface area contributed by atoms with Crippen molar-refractivity contribution in [3.05, 3.63) is 56.0 Å². The zero-order valence-corrected chi connectivity index (χ0v) is 19.8. The maximum Gasteiger partial charge on any atom is 0.330 e. The van der Waals surface area contributed by atoms with E-state index in [-0.39, 0.29) is 19.6 Å². The van der Waals surface area contributed by atoms with E-state index in [0.717, 1.165) is 36.1 Å². The van der Waals surface area contributed by atoms with Crippen molar-refractivity contribution in [3.8, 4) is 5.75 Å². The van der Waals surface area contributed by atoms with Crippen molar-refractivity contribution < 1.29 is 14.3 Å². The van der Waals surface area contributed by atoms with Gasteiger partial charge >= 0.3 is 11.7 Å². The highest BCUT2D eigenvalue weighted by Gasteiger charge is 2.19. The van der Waals surface area contributed by atoms with Crippen LogP contribution >= 0.6 is 0 Å². The standard InChI is InChI=1S/C24H32N4O5/c1-5-7-12-28-22-21(23(30)26-24(28)31)27(11-6-2)19(25-22)15-33-20(29)10-13-32-18-14-16(3)8-9-17(18)4/h8-9,14H,5-7,10-13,15H2,1-4H3,(H,26,30,31). The first-order valence-electron chi connectivity index (χ1n) is 11.4. The fourth-order valence-corrected chi connectivity index (χ4v) is 3.64. The number of esters is 1. The first kappa shape index (κ1) is 24.3. The van der Waals surface area contributed by atoms with Crippen LogP contribution in [0.25, 0.3) is 11.2 Å². The second-order valence-electron chi connectivity index (χ2n) is 8.14. The van der Waals surface area contributed by atoms with E-state index in [1.165, 1.54) is 4.57 Å². The molecule has 1 aromatic carbocycles. The molecule has 0 unspecified atom stereocenters. The largest absolute Gasteiger partial charge is 0.493 e. The van der Waals surface area contributed by atoms with E-state index >= 15 is 0 Å². The quantitative estimate of drug-likeness (QED) is 0.444. The molecule has 0 amide bonds. The number of aromatic amines is 1. The summed E-state index contributed by atoms with van der Waals surface area (Å²) in [6.45, 7) is 9.03. The second kappa shape index (κ2) is 11.0. The number of aryl methyl sites for hydroxylation is 4. The summed E-state index contributed by atoms with van der Waals surface area (Å²) in [5.41, 5.74) is 1.78. The summed E-state index contributed by atoms with van der Waals surface area (Å²) in [5.74, 6) is 0.765. The van der Waals surface area contributed by atoms with Crippen LogP contribution in [0.5, 0.6) is 5.75 Å². The minimum absolute atomic E-state index is 0.0849.